The zero-order chi connectivity index (χ0) is 10.7. The molecule has 0 unspecified atom stereocenters. The van der Waals surface area contributed by atoms with Gasteiger partial charge in [0.25, 0.3) is 0 Å². The first-order valence-electron chi connectivity index (χ1n) is 5.50. The minimum Gasteiger partial charge on any atom is -0.481 e. The number of hydrogen-bond acceptors (Lipinski definition) is 3. The Morgan fingerprint density at radius 3 is 2.94 bits per heavy atom. The summed E-state index contributed by atoms with van der Waals surface area (Å²) in [6.07, 6.45) is 2.41. The maximum atomic E-state index is 5.17. The Balaban J connectivity index is 0.00000128. The molecule has 0 radical (unpaired) electrons. The van der Waals surface area contributed by atoms with E-state index in [1.807, 2.05) is 13.0 Å². The van der Waals surface area contributed by atoms with Crippen LogP contribution in [0, 0.1) is 12.8 Å². The number of nitrogens with one attached hydrogen (secondary N) is 1. The molecule has 90 valence electrons. The molecule has 0 aliphatic carbocycles. The van der Waals surface area contributed by atoms with E-state index in [0.717, 1.165) is 37.0 Å². The van der Waals surface area contributed by atoms with Crippen LogP contribution in [0.4, 0.5) is 0 Å². The standard InChI is InChI=1S/C12H18N2O.H2S/c1-9-5-11(7-12(14-9)15-2)6-10-3-4-13-8-10;/h5,7,10,13H,3-4,6,8H2,1-2H3;1H2/t10-;/m1./s1. The normalized spacial score (nSPS) is 19.2. The summed E-state index contributed by atoms with van der Waals surface area (Å²) >= 11 is 0. The van der Waals surface area contributed by atoms with E-state index < -0.39 is 0 Å². The van der Waals surface area contributed by atoms with Gasteiger partial charge >= 0.3 is 0 Å². The molecule has 2 heterocycles. The number of ether oxygens (including phenoxy) is 1. The van der Waals surface area contributed by atoms with Crippen molar-refractivity contribution < 1.29 is 4.74 Å². The topological polar surface area (TPSA) is 34.1 Å². The Bertz CT molecular complexity index is 338. The van der Waals surface area contributed by atoms with Gasteiger partial charge in [-0.05, 0) is 50.4 Å². The van der Waals surface area contributed by atoms with E-state index in [1.165, 1.54) is 12.0 Å². The van der Waals surface area contributed by atoms with Crippen LogP contribution in [0.3, 0.4) is 0 Å². The van der Waals surface area contributed by atoms with E-state index in [1.54, 1.807) is 7.11 Å². The van der Waals surface area contributed by atoms with Crippen LogP contribution in [0.2, 0.25) is 0 Å². The lowest BCUT2D eigenvalue weighted by atomic mass is 9.99. The predicted molar refractivity (Wildman–Crippen MR) is 70.6 cm³/mol. The number of methoxy groups -OCH3 is 1. The first kappa shape index (κ1) is 13.3. The molecule has 1 aliphatic rings. The summed E-state index contributed by atoms with van der Waals surface area (Å²) in [5.41, 5.74) is 2.38. The maximum Gasteiger partial charge on any atom is 0.213 e. The fourth-order valence-electron chi connectivity index (χ4n) is 2.15. The molecule has 1 aromatic heterocycles. The Hall–Kier alpha value is -0.740. The first-order chi connectivity index (χ1) is 7.28. The molecule has 2 rings (SSSR count). The maximum absolute atomic E-state index is 5.17. The monoisotopic (exact) mass is 240 g/mol. The lowest BCUT2D eigenvalue weighted by Crippen LogP contribution is -2.11. The van der Waals surface area contributed by atoms with E-state index in [0.29, 0.717) is 0 Å². The van der Waals surface area contributed by atoms with Gasteiger partial charge in [-0.15, -0.1) is 0 Å². The second kappa shape index (κ2) is 6.11. The van der Waals surface area contributed by atoms with Gasteiger partial charge in [-0.25, -0.2) is 4.98 Å². The van der Waals surface area contributed by atoms with Gasteiger partial charge < -0.3 is 10.1 Å². The van der Waals surface area contributed by atoms with E-state index in [9.17, 15) is 0 Å². The molecule has 16 heavy (non-hydrogen) atoms. The summed E-state index contributed by atoms with van der Waals surface area (Å²) in [5, 5.41) is 3.39. The number of nitrogens with zero attached hydrogens (tertiary/aromatic N) is 1. The van der Waals surface area contributed by atoms with Crippen LogP contribution in [0.15, 0.2) is 12.1 Å². The van der Waals surface area contributed by atoms with E-state index in [4.69, 9.17) is 4.74 Å². The van der Waals surface area contributed by atoms with Crippen LogP contribution < -0.4 is 10.1 Å². The Morgan fingerprint density at radius 1 is 1.50 bits per heavy atom. The minimum atomic E-state index is 0. The molecule has 1 aromatic rings. The first-order valence-corrected chi connectivity index (χ1v) is 5.50. The summed E-state index contributed by atoms with van der Waals surface area (Å²) in [6.45, 7) is 4.31. The summed E-state index contributed by atoms with van der Waals surface area (Å²) < 4.78 is 5.17. The molecule has 0 saturated carbocycles. The number of aromatic nitrogens is 1. The van der Waals surface area contributed by atoms with Gasteiger partial charge in [-0.3, -0.25) is 0 Å². The zero-order valence-corrected chi connectivity index (χ0v) is 10.9. The molecule has 1 aliphatic heterocycles. The lowest BCUT2D eigenvalue weighted by Gasteiger charge is -2.10. The highest BCUT2D eigenvalue weighted by molar-refractivity contribution is 7.59. The lowest BCUT2D eigenvalue weighted by molar-refractivity contribution is 0.395. The molecule has 0 spiro atoms. The van der Waals surface area contributed by atoms with Gasteiger partial charge in [-0.1, -0.05) is 0 Å². The highest BCUT2D eigenvalue weighted by Gasteiger charge is 2.15. The fraction of sp³-hybridized carbons (Fsp3) is 0.583. The third-order valence-electron chi connectivity index (χ3n) is 2.89. The SMILES string of the molecule is COc1cc(C[C@H]2CCNC2)cc(C)n1.S. The van der Waals surface area contributed by atoms with Crippen molar-refractivity contribution in [2.45, 2.75) is 19.8 Å². The highest BCUT2D eigenvalue weighted by Crippen LogP contribution is 2.18. The Morgan fingerprint density at radius 2 is 2.31 bits per heavy atom. The number of pyridine rings is 1. The van der Waals surface area contributed by atoms with Crippen molar-refractivity contribution in [1.29, 1.82) is 0 Å². The molecule has 4 heteroatoms. The quantitative estimate of drug-likeness (QED) is 0.872. The van der Waals surface area contributed by atoms with E-state index >= 15 is 0 Å². The van der Waals surface area contributed by atoms with E-state index in [-0.39, 0.29) is 13.5 Å². The molecule has 1 saturated heterocycles. The smallest absolute Gasteiger partial charge is 0.213 e. The number of rotatable bonds is 3. The average Bonchev–Trinajstić information content (AvgIpc) is 2.69. The summed E-state index contributed by atoms with van der Waals surface area (Å²) in [5.74, 6) is 1.51. The van der Waals surface area contributed by atoms with Gasteiger partial charge in [0.1, 0.15) is 0 Å². The molecule has 3 nitrogen and oxygen atoms in total. The molecular weight excluding hydrogens is 220 g/mol. The average molecular weight is 240 g/mol. The summed E-state index contributed by atoms with van der Waals surface area (Å²) in [4.78, 5) is 4.29. The number of aryl methyl sites for hydroxylation is 1. The molecule has 0 amide bonds. The van der Waals surface area contributed by atoms with Crippen LogP contribution in [-0.4, -0.2) is 25.2 Å². The largest absolute Gasteiger partial charge is 0.481 e. The summed E-state index contributed by atoms with van der Waals surface area (Å²) in [6, 6.07) is 4.20. The van der Waals surface area contributed by atoms with Crippen molar-refractivity contribution in [3.63, 3.8) is 0 Å². The fourth-order valence-corrected chi connectivity index (χ4v) is 2.15. The molecule has 0 bridgehead atoms. The third-order valence-corrected chi connectivity index (χ3v) is 2.89. The minimum absolute atomic E-state index is 0. The van der Waals surface area contributed by atoms with Crippen molar-refractivity contribution in [3.8, 4) is 5.88 Å². The zero-order valence-electron chi connectivity index (χ0n) is 9.92. The van der Waals surface area contributed by atoms with Gasteiger partial charge in [0.2, 0.25) is 5.88 Å². The second-order valence-corrected chi connectivity index (χ2v) is 4.22. The molecule has 1 fully saturated rings. The summed E-state index contributed by atoms with van der Waals surface area (Å²) in [7, 11) is 1.67. The van der Waals surface area contributed by atoms with Crippen molar-refractivity contribution in [1.82, 2.24) is 10.3 Å². The third kappa shape index (κ3) is 3.39. The Labute approximate surface area is 104 Å². The van der Waals surface area contributed by atoms with Crippen LogP contribution in [0.5, 0.6) is 5.88 Å². The van der Waals surface area contributed by atoms with Crippen LogP contribution in [-0.2, 0) is 6.42 Å². The molecule has 1 N–H and O–H groups in total. The van der Waals surface area contributed by atoms with E-state index in [2.05, 4.69) is 16.4 Å². The molecular formula is C12H20N2OS. The Kier molecular flexibility index (Phi) is 5.09. The molecule has 1 atom stereocenters. The van der Waals surface area contributed by atoms with Crippen LogP contribution >= 0.6 is 13.5 Å². The van der Waals surface area contributed by atoms with Gasteiger partial charge in [0, 0.05) is 11.8 Å². The van der Waals surface area contributed by atoms with Crippen molar-refractivity contribution in [3.05, 3.63) is 23.4 Å². The highest BCUT2D eigenvalue weighted by atomic mass is 32.1. The van der Waals surface area contributed by atoms with Gasteiger partial charge in [0.05, 0.1) is 7.11 Å². The van der Waals surface area contributed by atoms with Gasteiger partial charge in [-0.2, -0.15) is 13.5 Å². The van der Waals surface area contributed by atoms with Crippen molar-refractivity contribution in [2.75, 3.05) is 20.2 Å². The van der Waals surface area contributed by atoms with Crippen molar-refractivity contribution >= 4 is 13.5 Å². The predicted octanol–water partition coefficient (Wildman–Crippen LogP) is 1.66. The molecule has 0 aromatic carbocycles. The van der Waals surface area contributed by atoms with Crippen LogP contribution in [0.1, 0.15) is 17.7 Å². The number of hydrogen-bond donors (Lipinski definition) is 1. The van der Waals surface area contributed by atoms with Gasteiger partial charge in [0.15, 0.2) is 0 Å². The van der Waals surface area contributed by atoms with Crippen LogP contribution in [0.25, 0.3) is 0 Å². The van der Waals surface area contributed by atoms with Crippen molar-refractivity contribution in [2.24, 2.45) is 5.92 Å². The second-order valence-electron chi connectivity index (χ2n) is 4.22.